The molecule has 2 aromatic rings. The molecule has 2 fully saturated rings. The summed E-state index contributed by atoms with van der Waals surface area (Å²) in [6.07, 6.45) is 3.11. The maximum atomic E-state index is 13.0. The smallest absolute Gasteiger partial charge is 0.310 e. The average molecular weight is 363 g/mol. The number of para-hydroxylation sites is 1. The monoisotopic (exact) mass is 363 g/mol. The second-order valence-corrected chi connectivity index (χ2v) is 7.07. The Morgan fingerprint density at radius 1 is 1.11 bits per heavy atom. The molecule has 3 heterocycles. The van der Waals surface area contributed by atoms with Gasteiger partial charge in [-0.25, -0.2) is 0 Å². The minimum Gasteiger partial charge on any atom is -0.481 e. The molecule has 0 aromatic heterocycles. The number of carbonyl (C=O) groups is 2. The fraction of sp³-hybridized carbons (Fsp3) is 0.238. The molecule has 0 saturated carbocycles. The van der Waals surface area contributed by atoms with Gasteiger partial charge in [0.15, 0.2) is 0 Å². The lowest BCUT2D eigenvalue weighted by Crippen LogP contribution is -2.39. The fourth-order valence-corrected chi connectivity index (χ4v) is 4.32. The van der Waals surface area contributed by atoms with Gasteiger partial charge in [0.1, 0.15) is 23.0 Å². The molecule has 2 aromatic carbocycles. The second-order valence-electron chi connectivity index (χ2n) is 7.07. The molecule has 1 N–H and O–H groups in total. The predicted octanol–water partition coefficient (Wildman–Crippen LogP) is 2.85. The van der Waals surface area contributed by atoms with Crippen molar-refractivity contribution in [1.29, 1.82) is 0 Å². The Kier molecular flexibility index (Phi) is 3.39. The number of benzene rings is 2. The maximum absolute atomic E-state index is 13.0. The first-order valence-electron chi connectivity index (χ1n) is 8.82. The molecule has 3 aliphatic rings. The highest BCUT2D eigenvalue weighted by Crippen LogP contribution is 2.52. The number of carboxylic acids is 1. The Morgan fingerprint density at radius 2 is 1.81 bits per heavy atom. The molecule has 0 unspecified atom stereocenters. The van der Waals surface area contributed by atoms with Crippen LogP contribution < -0.4 is 9.64 Å². The number of amides is 1. The minimum atomic E-state index is -0.988. The summed E-state index contributed by atoms with van der Waals surface area (Å²) < 4.78 is 11.7. The van der Waals surface area contributed by atoms with Crippen LogP contribution in [-0.4, -0.2) is 35.2 Å². The zero-order chi connectivity index (χ0) is 18.6. The predicted molar refractivity (Wildman–Crippen MR) is 96.7 cm³/mol. The van der Waals surface area contributed by atoms with Crippen molar-refractivity contribution in [3.63, 3.8) is 0 Å². The Hall–Kier alpha value is -3.12. The van der Waals surface area contributed by atoms with Crippen LogP contribution in [0, 0.1) is 11.8 Å². The largest absolute Gasteiger partial charge is 0.481 e. The second kappa shape index (κ2) is 5.69. The van der Waals surface area contributed by atoms with Gasteiger partial charge in [0.05, 0.1) is 18.6 Å². The number of carbonyl (C=O) groups excluding carboxylic acids is 1. The van der Waals surface area contributed by atoms with Crippen molar-refractivity contribution in [3.8, 4) is 11.5 Å². The summed E-state index contributed by atoms with van der Waals surface area (Å²) in [5, 5.41) is 9.53. The van der Waals surface area contributed by atoms with Crippen LogP contribution in [-0.2, 0) is 14.3 Å². The SMILES string of the molecule is O=C(O)[C@H]1[C@@H]2C=C[C@]3(CN(c4ccc(Oc5ccccc5)cc4)C(=O)[C@@H]13)O2. The molecule has 5 rings (SSSR count). The molecule has 2 bridgehead atoms. The zero-order valence-electron chi connectivity index (χ0n) is 14.3. The van der Waals surface area contributed by atoms with Crippen LogP contribution in [0.25, 0.3) is 0 Å². The van der Waals surface area contributed by atoms with Gasteiger partial charge in [-0.15, -0.1) is 0 Å². The minimum absolute atomic E-state index is 0.203. The highest BCUT2D eigenvalue weighted by molar-refractivity contribution is 6.02. The lowest BCUT2D eigenvalue weighted by atomic mass is 9.77. The van der Waals surface area contributed by atoms with E-state index in [9.17, 15) is 14.7 Å². The Labute approximate surface area is 155 Å². The molecule has 2 saturated heterocycles. The van der Waals surface area contributed by atoms with E-state index in [1.54, 1.807) is 35.2 Å². The number of aliphatic carboxylic acids is 1. The highest BCUT2D eigenvalue weighted by atomic mass is 16.5. The highest BCUT2D eigenvalue weighted by Gasteiger charge is 2.67. The summed E-state index contributed by atoms with van der Waals surface area (Å²) >= 11 is 0. The van der Waals surface area contributed by atoms with Crippen LogP contribution in [0.1, 0.15) is 0 Å². The van der Waals surface area contributed by atoms with E-state index in [1.165, 1.54) is 0 Å². The third kappa shape index (κ3) is 2.37. The van der Waals surface area contributed by atoms with E-state index in [0.717, 1.165) is 5.75 Å². The summed E-state index contributed by atoms with van der Waals surface area (Å²) in [7, 11) is 0. The van der Waals surface area contributed by atoms with Gasteiger partial charge in [0.25, 0.3) is 0 Å². The van der Waals surface area contributed by atoms with Gasteiger partial charge in [0.2, 0.25) is 5.91 Å². The van der Waals surface area contributed by atoms with Crippen molar-refractivity contribution in [2.45, 2.75) is 11.7 Å². The standard InChI is InChI=1S/C21H17NO5/c23-19-18-17(20(24)25)16-10-11-21(18,27-16)12-22(19)13-6-8-15(9-7-13)26-14-4-2-1-3-5-14/h1-11,16-18H,12H2,(H,24,25)/t16-,17-,18+,21+/m0/s1. The molecule has 1 spiro atoms. The Balaban J connectivity index is 1.39. The first-order chi connectivity index (χ1) is 13.1. The third-order valence-corrected chi connectivity index (χ3v) is 5.51. The lowest BCUT2D eigenvalue weighted by Gasteiger charge is -2.21. The van der Waals surface area contributed by atoms with E-state index in [0.29, 0.717) is 18.0 Å². The van der Waals surface area contributed by atoms with Crippen molar-refractivity contribution in [1.82, 2.24) is 0 Å². The van der Waals surface area contributed by atoms with Gasteiger partial charge in [-0.3, -0.25) is 9.59 Å². The number of fused-ring (bicyclic) bond motifs is 1. The fourth-order valence-electron chi connectivity index (χ4n) is 4.32. The van der Waals surface area contributed by atoms with Crippen molar-refractivity contribution in [2.75, 3.05) is 11.4 Å². The first kappa shape index (κ1) is 16.1. The van der Waals surface area contributed by atoms with E-state index >= 15 is 0 Å². The van der Waals surface area contributed by atoms with Crippen molar-refractivity contribution < 1.29 is 24.2 Å². The molecular weight excluding hydrogens is 346 g/mol. The van der Waals surface area contributed by atoms with Crippen LogP contribution in [0.3, 0.4) is 0 Å². The lowest BCUT2D eigenvalue weighted by molar-refractivity contribution is -0.146. The summed E-state index contributed by atoms with van der Waals surface area (Å²) in [6.45, 7) is 0.326. The Bertz CT molecular complexity index is 939. The van der Waals surface area contributed by atoms with Gasteiger partial charge < -0.3 is 19.5 Å². The third-order valence-electron chi connectivity index (χ3n) is 5.51. The number of hydrogen-bond acceptors (Lipinski definition) is 4. The van der Waals surface area contributed by atoms with E-state index in [-0.39, 0.29) is 5.91 Å². The number of rotatable bonds is 4. The number of nitrogens with zero attached hydrogens (tertiary/aromatic N) is 1. The summed E-state index contributed by atoms with van der Waals surface area (Å²) in [5.41, 5.74) is -0.127. The van der Waals surface area contributed by atoms with Gasteiger partial charge in [0, 0.05) is 5.69 Å². The topological polar surface area (TPSA) is 76.1 Å². The quantitative estimate of drug-likeness (QED) is 0.846. The van der Waals surface area contributed by atoms with Crippen LogP contribution in [0.2, 0.25) is 0 Å². The molecule has 136 valence electrons. The van der Waals surface area contributed by atoms with Gasteiger partial charge in [-0.05, 0) is 36.4 Å². The molecule has 4 atom stereocenters. The molecule has 3 aliphatic heterocycles. The molecule has 1 amide bonds. The van der Waals surface area contributed by atoms with Crippen molar-refractivity contribution in [3.05, 3.63) is 66.7 Å². The summed E-state index contributed by atoms with van der Waals surface area (Å²) in [5.74, 6) is -1.30. The maximum Gasteiger partial charge on any atom is 0.310 e. The number of carboxylic acid groups (broad SMARTS) is 1. The van der Waals surface area contributed by atoms with Gasteiger partial charge in [-0.2, -0.15) is 0 Å². The normalized spacial score (nSPS) is 30.6. The average Bonchev–Trinajstić information content (AvgIpc) is 3.31. The molecule has 27 heavy (non-hydrogen) atoms. The number of hydrogen-bond donors (Lipinski definition) is 1. The van der Waals surface area contributed by atoms with Gasteiger partial charge in [-0.1, -0.05) is 30.4 Å². The van der Waals surface area contributed by atoms with Gasteiger partial charge >= 0.3 is 5.97 Å². The first-order valence-corrected chi connectivity index (χ1v) is 8.82. The van der Waals surface area contributed by atoms with Crippen LogP contribution >= 0.6 is 0 Å². The van der Waals surface area contributed by atoms with E-state index in [2.05, 4.69) is 0 Å². The number of ether oxygens (including phenoxy) is 2. The van der Waals surface area contributed by atoms with Crippen LogP contribution in [0.15, 0.2) is 66.7 Å². The molecule has 6 heteroatoms. The molecule has 0 aliphatic carbocycles. The number of anilines is 1. The van der Waals surface area contributed by atoms with Crippen LogP contribution in [0.5, 0.6) is 11.5 Å². The molecule has 6 nitrogen and oxygen atoms in total. The summed E-state index contributed by atoms with van der Waals surface area (Å²) in [6, 6.07) is 16.6. The summed E-state index contributed by atoms with van der Waals surface area (Å²) in [4.78, 5) is 26.2. The van der Waals surface area contributed by atoms with Crippen molar-refractivity contribution in [2.24, 2.45) is 11.8 Å². The molecular formula is C21H17NO5. The molecule has 0 radical (unpaired) electrons. The van der Waals surface area contributed by atoms with Crippen molar-refractivity contribution >= 4 is 17.6 Å². The van der Waals surface area contributed by atoms with Crippen LogP contribution in [0.4, 0.5) is 5.69 Å². The van der Waals surface area contributed by atoms with E-state index in [1.807, 2.05) is 36.4 Å². The zero-order valence-corrected chi connectivity index (χ0v) is 14.3. The van der Waals surface area contributed by atoms with E-state index in [4.69, 9.17) is 9.47 Å². The Morgan fingerprint density at radius 3 is 2.52 bits per heavy atom. The van der Waals surface area contributed by atoms with E-state index < -0.39 is 29.5 Å².